The van der Waals surface area contributed by atoms with Crippen LogP contribution in [0.4, 0.5) is 0 Å². The molecule has 1 amide bonds. The van der Waals surface area contributed by atoms with Crippen molar-refractivity contribution in [2.24, 2.45) is 11.8 Å². The van der Waals surface area contributed by atoms with Crippen LogP contribution in [0, 0.1) is 11.8 Å². The van der Waals surface area contributed by atoms with Crippen LogP contribution in [0.15, 0.2) is 30.3 Å². The average molecular weight is 301 g/mol. The first kappa shape index (κ1) is 15.5. The van der Waals surface area contributed by atoms with Crippen molar-refractivity contribution in [1.29, 1.82) is 0 Å². The van der Waals surface area contributed by atoms with E-state index in [1.54, 1.807) is 0 Å². The molecule has 0 spiro atoms. The van der Waals surface area contributed by atoms with E-state index in [4.69, 9.17) is 0 Å². The van der Waals surface area contributed by atoms with Gasteiger partial charge in [-0.15, -0.1) is 0 Å². The minimum atomic E-state index is 0.227. The lowest BCUT2D eigenvalue weighted by molar-refractivity contribution is -0.138. The fraction of sp³-hybridized carbons (Fsp3) is 0.632. The number of hydrogen-bond donors (Lipinski definition) is 1. The zero-order valence-electron chi connectivity index (χ0n) is 13.3. The molecule has 1 heterocycles. The third-order valence-corrected chi connectivity index (χ3v) is 5.53. The molecule has 2 fully saturated rings. The number of aliphatic hydroxyl groups is 1. The van der Waals surface area contributed by atoms with Crippen molar-refractivity contribution in [3.8, 4) is 0 Å². The van der Waals surface area contributed by atoms with Crippen molar-refractivity contribution in [1.82, 2.24) is 4.90 Å². The van der Waals surface area contributed by atoms with Gasteiger partial charge < -0.3 is 10.0 Å². The SMILES string of the molecule is O=C(C1CCC(c2ccccc2)CC1)N1CCC(CO)CC1. The van der Waals surface area contributed by atoms with E-state index in [2.05, 4.69) is 30.3 Å². The van der Waals surface area contributed by atoms with Crippen molar-refractivity contribution < 1.29 is 9.90 Å². The van der Waals surface area contributed by atoms with Crippen molar-refractivity contribution >= 4 is 5.91 Å². The van der Waals surface area contributed by atoms with E-state index in [-0.39, 0.29) is 12.5 Å². The second kappa shape index (κ2) is 7.28. The second-order valence-corrected chi connectivity index (χ2v) is 6.91. The molecule has 0 unspecified atom stereocenters. The monoisotopic (exact) mass is 301 g/mol. The Balaban J connectivity index is 1.50. The number of piperidine rings is 1. The molecular weight excluding hydrogens is 274 g/mol. The van der Waals surface area contributed by atoms with Gasteiger partial charge in [0.25, 0.3) is 0 Å². The first-order chi connectivity index (χ1) is 10.8. The predicted molar refractivity (Wildman–Crippen MR) is 87.5 cm³/mol. The maximum Gasteiger partial charge on any atom is 0.225 e. The second-order valence-electron chi connectivity index (χ2n) is 6.91. The van der Waals surface area contributed by atoms with E-state index in [1.165, 1.54) is 5.56 Å². The van der Waals surface area contributed by atoms with Crippen LogP contribution in [0.5, 0.6) is 0 Å². The van der Waals surface area contributed by atoms with Crippen molar-refractivity contribution in [2.75, 3.05) is 19.7 Å². The third-order valence-electron chi connectivity index (χ3n) is 5.53. The number of amides is 1. The van der Waals surface area contributed by atoms with Crippen LogP contribution < -0.4 is 0 Å². The summed E-state index contributed by atoms with van der Waals surface area (Å²) in [4.78, 5) is 14.7. The van der Waals surface area contributed by atoms with Gasteiger partial charge in [0, 0.05) is 25.6 Å². The minimum Gasteiger partial charge on any atom is -0.396 e. The summed E-state index contributed by atoms with van der Waals surface area (Å²) in [5, 5.41) is 9.20. The first-order valence-electron chi connectivity index (χ1n) is 8.72. The molecule has 1 aromatic carbocycles. The Morgan fingerprint density at radius 3 is 2.23 bits per heavy atom. The van der Waals surface area contributed by atoms with Crippen LogP contribution in [0.3, 0.4) is 0 Å². The van der Waals surface area contributed by atoms with Gasteiger partial charge >= 0.3 is 0 Å². The molecule has 0 aromatic heterocycles. The number of likely N-dealkylation sites (tertiary alicyclic amines) is 1. The molecule has 1 aromatic rings. The maximum atomic E-state index is 12.7. The molecule has 3 heteroatoms. The van der Waals surface area contributed by atoms with Gasteiger partial charge in [-0.05, 0) is 55.9 Å². The highest BCUT2D eigenvalue weighted by molar-refractivity contribution is 5.79. The van der Waals surface area contributed by atoms with Crippen LogP contribution in [-0.2, 0) is 4.79 Å². The van der Waals surface area contributed by atoms with Crippen LogP contribution in [0.1, 0.15) is 50.0 Å². The van der Waals surface area contributed by atoms with E-state index in [0.717, 1.165) is 51.6 Å². The Labute approximate surface area is 133 Å². The van der Waals surface area contributed by atoms with Crippen LogP contribution >= 0.6 is 0 Å². The summed E-state index contributed by atoms with van der Waals surface area (Å²) in [5.41, 5.74) is 1.43. The molecule has 0 bridgehead atoms. The standard InChI is InChI=1S/C19H27NO2/c21-14-15-10-12-20(13-11-15)19(22)18-8-6-17(7-9-18)16-4-2-1-3-5-16/h1-5,15,17-18,21H,6-14H2. The van der Waals surface area contributed by atoms with Gasteiger partial charge in [-0.1, -0.05) is 30.3 Å². The largest absolute Gasteiger partial charge is 0.396 e. The number of hydrogen-bond acceptors (Lipinski definition) is 2. The van der Waals surface area contributed by atoms with Crippen LogP contribution in [0.2, 0.25) is 0 Å². The fourth-order valence-corrected chi connectivity index (χ4v) is 3.99. The highest BCUT2D eigenvalue weighted by Crippen LogP contribution is 2.36. The number of rotatable bonds is 3. The van der Waals surface area contributed by atoms with Gasteiger partial charge in [0.05, 0.1) is 0 Å². The Morgan fingerprint density at radius 1 is 1.00 bits per heavy atom. The zero-order valence-corrected chi connectivity index (χ0v) is 13.3. The Kier molecular flexibility index (Phi) is 5.14. The van der Waals surface area contributed by atoms with Crippen LogP contribution in [-0.4, -0.2) is 35.6 Å². The molecule has 120 valence electrons. The van der Waals surface area contributed by atoms with Crippen LogP contribution in [0.25, 0.3) is 0 Å². The lowest BCUT2D eigenvalue weighted by atomic mass is 9.78. The normalized spacial score (nSPS) is 26.9. The zero-order chi connectivity index (χ0) is 15.4. The summed E-state index contributed by atoms with van der Waals surface area (Å²) in [7, 11) is 0. The van der Waals surface area contributed by atoms with E-state index < -0.39 is 0 Å². The first-order valence-corrected chi connectivity index (χ1v) is 8.72. The van der Waals surface area contributed by atoms with Gasteiger partial charge in [0.1, 0.15) is 0 Å². The Bertz CT molecular complexity index is 471. The van der Waals surface area contributed by atoms with Crippen molar-refractivity contribution in [2.45, 2.75) is 44.4 Å². The molecular formula is C19H27NO2. The summed E-state index contributed by atoms with van der Waals surface area (Å²) >= 11 is 0. The van der Waals surface area contributed by atoms with Gasteiger partial charge in [0.15, 0.2) is 0 Å². The number of nitrogens with zero attached hydrogens (tertiary/aromatic N) is 1. The minimum absolute atomic E-state index is 0.227. The predicted octanol–water partition coefficient (Wildman–Crippen LogP) is 3.19. The maximum absolute atomic E-state index is 12.7. The fourth-order valence-electron chi connectivity index (χ4n) is 3.99. The molecule has 3 rings (SSSR count). The summed E-state index contributed by atoms with van der Waals surface area (Å²) < 4.78 is 0. The van der Waals surface area contributed by atoms with E-state index >= 15 is 0 Å². The summed E-state index contributed by atoms with van der Waals surface area (Å²) in [5.74, 6) is 1.62. The third kappa shape index (κ3) is 3.52. The molecule has 1 saturated heterocycles. The molecule has 1 N–H and O–H groups in total. The molecule has 1 aliphatic heterocycles. The van der Waals surface area contributed by atoms with E-state index in [1.807, 2.05) is 4.90 Å². The Morgan fingerprint density at radius 2 is 1.64 bits per heavy atom. The summed E-state index contributed by atoms with van der Waals surface area (Å²) in [6.07, 6.45) is 6.24. The molecule has 2 aliphatic rings. The quantitative estimate of drug-likeness (QED) is 0.931. The molecule has 0 radical (unpaired) electrons. The smallest absolute Gasteiger partial charge is 0.225 e. The number of carbonyl (C=O) groups is 1. The Hall–Kier alpha value is -1.35. The molecule has 3 nitrogen and oxygen atoms in total. The number of aliphatic hydroxyl groups excluding tert-OH is 1. The van der Waals surface area contributed by atoms with Gasteiger partial charge in [-0.3, -0.25) is 4.79 Å². The highest BCUT2D eigenvalue weighted by Gasteiger charge is 2.31. The van der Waals surface area contributed by atoms with Gasteiger partial charge in [-0.25, -0.2) is 0 Å². The van der Waals surface area contributed by atoms with E-state index in [9.17, 15) is 9.90 Å². The number of carbonyl (C=O) groups excluding carboxylic acids is 1. The average Bonchev–Trinajstić information content (AvgIpc) is 2.62. The highest BCUT2D eigenvalue weighted by atomic mass is 16.3. The lowest BCUT2D eigenvalue weighted by Crippen LogP contribution is -2.43. The van der Waals surface area contributed by atoms with Crippen molar-refractivity contribution in [3.63, 3.8) is 0 Å². The molecule has 1 saturated carbocycles. The summed E-state index contributed by atoms with van der Waals surface area (Å²) in [6.45, 7) is 1.94. The molecule has 1 aliphatic carbocycles. The van der Waals surface area contributed by atoms with Gasteiger partial charge in [-0.2, -0.15) is 0 Å². The van der Waals surface area contributed by atoms with Crippen molar-refractivity contribution in [3.05, 3.63) is 35.9 Å². The number of benzene rings is 1. The topological polar surface area (TPSA) is 40.5 Å². The molecule has 22 heavy (non-hydrogen) atoms. The molecule has 0 atom stereocenters. The van der Waals surface area contributed by atoms with E-state index in [0.29, 0.717) is 17.7 Å². The lowest BCUT2D eigenvalue weighted by Gasteiger charge is -2.36. The van der Waals surface area contributed by atoms with Gasteiger partial charge in [0.2, 0.25) is 5.91 Å². The summed E-state index contributed by atoms with van der Waals surface area (Å²) in [6, 6.07) is 10.7.